The molecule has 0 aliphatic rings. The van der Waals surface area contributed by atoms with Crippen LogP contribution in [-0.2, 0) is 11.2 Å². The average molecular weight is 324 g/mol. The van der Waals surface area contributed by atoms with Crippen molar-refractivity contribution in [3.63, 3.8) is 0 Å². The minimum atomic E-state index is -0.869. The van der Waals surface area contributed by atoms with Gasteiger partial charge in [0.1, 0.15) is 11.4 Å². The van der Waals surface area contributed by atoms with E-state index >= 15 is 0 Å². The summed E-state index contributed by atoms with van der Waals surface area (Å²) in [5.74, 6) is -0.191. The number of pyridine rings is 1. The van der Waals surface area contributed by atoms with Crippen molar-refractivity contribution >= 4 is 17.0 Å². The monoisotopic (exact) mass is 324 g/mol. The van der Waals surface area contributed by atoms with Crippen molar-refractivity contribution in [1.29, 1.82) is 0 Å². The third-order valence-electron chi connectivity index (χ3n) is 4.02. The zero-order chi connectivity index (χ0) is 17.1. The lowest BCUT2D eigenvalue weighted by atomic mass is 10.0. The largest absolute Gasteiger partial charge is 0.492 e. The fourth-order valence-electron chi connectivity index (χ4n) is 2.74. The van der Waals surface area contributed by atoms with Crippen LogP contribution in [0.3, 0.4) is 0 Å². The molecule has 0 atom stereocenters. The fourth-order valence-corrected chi connectivity index (χ4v) is 2.74. The standard InChI is InChI=1S/C19H20N2O3/c1-3-13-10-20-19-16(13)9-14(11-21-19)15-8-12(2)4-5-17(15)24-7-6-18(22)23/h4-5,8-11H,3,6-7H2,1-2H3,(H,20,21)(H,22,23). The number of fused-ring (bicyclic) bond motifs is 1. The van der Waals surface area contributed by atoms with Gasteiger partial charge in [-0.15, -0.1) is 0 Å². The number of hydrogen-bond donors (Lipinski definition) is 2. The Labute approximate surface area is 140 Å². The third-order valence-corrected chi connectivity index (χ3v) is 4.02. The first-order valence-corrected chi connectivity index (χ1v) is 8.00. The molecule has 24 heavy (non-hydrogen) atoms. The summed E-state index contributed by atoms with van der Waals surface area (Å²) in [6.45, 7) is 4.28. The fraction of sp³-hybridized carbons (Fsp3) is 0.263. The first kappa shape index (κ1) is 16.1. The van der Waals surface area contributed by atoms with Crippen molar-refractivity contribution in [3.05, 3.63) is 47.8 Å². The number of ether oxygens (including phenoxy) is 1. The number of nitrogens with one attached hydrogen (secondary N) is 1. The van der Waals surface area contributed by atoms with Crippen LogP contribution in [0.15, 0.2) is 36.7 Å². The molecule has 3 rings (SSSR count). The molecule has 0 saturated heterocycles. The van der Waals surface area contributed by atoms with Crippen LogP contribution >= 0.6 is 0 Å². The van der Waals surface area contributed by atoms with Crippen LogP contribution in [0.25, 0.3) is 22.2 Å². The summed E-state index contributed by atoms with van der Waals surface area (Å²) < 4.78 is 5.69. The minimum Gasteiger partial charge on any atom is -0.492 e. The van der Waals surface area contributed by atoms with Gasteiger partial charge in [0.25, 0.3) is 0 Å². The van der Waals surface area contributed by atoms with Crippen LogP contribution in [0, 0.1) is 6.92 Å². The van der Waals surface area contributed by atoms with Gasteiger partial charge in [-0.05, 0) is 37.1 Å². The molecule has 0 unspecified atom stereocenters. The summed E-state index contributed by atoms with van der Waals surface area (Å²) in [4.78, 5) is 18.4. The lowest BCUT2D eigenvalue weighted by Gasteiger charge is -2.12. The molecule has 0 fully saturated rings. The van der Waals surface area contributed by atoms with Crippen molar-refractivity contribution < 1.29 is 14.6 Å². The second-order valence-electron chi connectivity index (χ2n) is 5.78. The number of carboxylic acids is 1. The molecular weight excluding hydrogens is 304 g/mol. The highest BCUT2D eigenvalue weighted by molar-refractivity contribution is 5.86. The first-order chi connectivity index (χ1) is 11.6. The summed E-state index contributed by atoms with van der Waals surface area (Å²) in [7, 11) is 0. The third kappa shape index (κ3) is 3.25. The maximum atomic E-state index is 10.7. The van der Waals surface area contributed by atoms with E-state index in [-0.39, 0.29) is 13.0 Å². The quantitative estimate of drug-likeness (QED) is 0.720. The predicted molar refractivity (Wildman–Crippen MR) is 93.4 cm³/mol. The Hall–Kier alpha value is -2.82. The van der Waals surface area contributed by atoms with Crippen LogP contribution in [0.4, 0.5) is 0 Å². The van der Waals surface area contributed by atoms with Gasteiger partial charge in [-0.3, -0.25) is 4.79 Å². The van der Waals surface area contributed by atoms with Crippen LogP contribution in [0.2, 0.25) is 0 Å². The van der Waals surface area contributed by atoms with Crippen LogP contribution in [0.1, 0.15) is 24.5 Å². The van der Waals surface area contributed by atoms with Gasteiger partial charge in [0, 0.05) is 28.9 Å². The highest BCUT2D eigenvalue weighted by Crippen LogP contribution is 2.33. The van der Waals surface area contributed by atoms with Crippen LogP contribution in [-0.4, -0.2) is 27.7 Å². The molecule has 0 bridgehead atoms. The molecule has 2 heterocycles. The average Bonchev–Trinajstić information content (AvgIpc) is 2.98. The molecule has 5 heteroatoms. The van der Waals surface area contributed by atoms with E-state index in [0.29, 0.717) is 5.75 Å². The van der Waals surface area contributed by atoms with Gasteiger partial charge in [0.15, 0.2) is 0 Å². The van der Waals surface area contributed by atoms with Gasteiger partial charge in [-0.25, -0.2) is 4.98 Å². The maximum absolute atomic E-state index is 10.7. The molecule has 0 saturated carbocycles. The van der Waals surface area contributed by atoms with Gasteiger partial charge in [-0.2, -0.15) is 0 Å². The lowest BCUT2D eigenvalue weighted by Crippen LogP contribution is -2.05. The van der Waals surface area contributed by atoms with Gasteiger partial charge in [-0.1, -0.05) is 18.6 Å². The molecule has 3 aromatic rings. The van der Waals surface area contributed by atoms with Gasteiger partial charge in [0.2, 0.25) is 0 Å². The van der Waals surface area contributed by atoms with E-state index in [4.69, 9.17) is 9.84 Å². The van der Waals surface area contributed by atoms with E-state index in [2.05, 4.69) is 23.0 Å². The smallest absolute Gasteiger partial charge is 0.306 e. The normalized spacial score (nSPS) is 10.9. The number of H-pyrrole nitrogens is 1. The van der Waals surface area contributed by atoms with E-state index < -0.39 is 5.97 Å². The molecule has 0 spiro atoms. The van der Waals surface area contributed by atoms with E-state index in [9.17, 15) is 4.79 Å². The van der Waals surface area contributed by atoms with Crippen molar-refractivity contribution in [1.82, 2.24) is 9.97 Å². The Balaban J connectivity index is 2.01. The van der Waals surface area contributed by atoms with Crippen LogP contribution < -0.4 is 4.74 Å². The SMILES string of the molecule is CCc1c[nH]c2ncc(-c3cc(C)ccc3OCCC(=O)O)cc12. The first-order valence-electron chi connectivity index (χ1n) is 8.00. The maximum Gasteiger partial charge on any atom is 0.306 e. The number of aromatic amines is 1. The number of aromatic nitrogens is 2. The molecule has 2 aromatic heterocycles. The van der Waals surface area contributed by atoms with Gasteiger partial charge >= 0.3 is 5.97 Å². The van der Waals surface area contributed by atoms with Crippen molar-refractivity contribution in [3.8, 4) is 16.9 Å². The number of aryl methyl sites for hydroxylation is 2. The minimum absolute atomic E-state index is 0.0254. The number of carboxylic acid groups (broad SMARTS) is 1. The summed E-state index contributed by atoms with van der Waals surface area (Å²) in [6, 6.07) is 7.99. The summed E-state index contributed by atoms with van der Waals surface area (Å²) >= 11 is 0. The number of hydrogen-bond acceptors (Lipinski definition) is 3. The van der Waals surface area contributed by atoms with Crippen molar-refractivity contribution in [2.24, 2.45) is 0 Å². The number of carbonyl (C=O) groups is 1. The molecular formula is C19H20N2O3. The number of rotatable bonds is 6. The molecule has 0 aliphatic heterocycles. The van der Waals surface area contributed by atoms with Crippen LogP contribution in [0.5, 0.6) is 5.75 Å². The van der Waals surface area contributed by atoms with Crippen molar-refractivity contribution in [2.75, 3.05) is 6.61 Å². The van der Waals surface area contributed by atoms with E-state index in [0.717, 1.165) is 34.1 Å². The lowest BCUT2D eigenvalue weighted by molar-refractivity contribution is -0.137. The van der Waals surface area contributed by atoms with E-state index in [1.807, 2.05) is 37.5 Å². The van der Waals surface area contributed by atoms with Gasteiger partial charge < -0.3 is 14.8 Å². The number of benzene rings is 1. The molecule has 0 amide bonds. The Bertz CT molecular complexity index is 883. The summed E-state index contributed by atoms with van der Waals surface area (Å²) in [6.07, 6.45) is 4.71. The van der Waals surface area contributed by atoms with E-state index in [1.165, 1.54) is 5.56 Å². The highest BCUT2D eigenvalue weighted by atomic mass is 16.5. The Morgan fingerprint density at radius 3 is 2.92 bits per heavy atom. The Kier molecular flexibility index (Phi) is 4.51. The Morgan fingerprint density at radius 1 is 1.33 bits per heavy atom. The molecule has 2 N–H and O–H groups in total. The molecule has 0 aliphatic carbocycles. The molecule has 0 radical (unpaired) electrons. The topological polar surface area (TPSA) is 75.2 Å². The molecule has 5 nitrogen and oxygen atoms in total. The molecule has 124 valence electrons. The number of aliphatic carboxylic acids is 1. The van der Waals surface area contributed by atoms with Gasteiger partial charge in [0.05, 0.1) is 13.0 Å². The predicted octanol–water partition coefficient (Wildman–Crippen LogP) is 3.95. The van der Waals surface area contributed by atoms with E-state index in [1.54, 1.807) is 0 Å². The molecule has 1 aromatic carbocycles. The summed E-state index contributed by atoms with van der Waals surface area (Å²) in [5, 5.41) is 9.89. The Morgan fingerprint density at radius 2 is 2.17 bits per heavy atom. The zero-order valence-corrected chi connectivity index (χ0v) is 13.8. The zero-order valence-electron chi connectivity index (χ0n) is 13.8. The summed E-state index contributed by atoms with van der Waals surface area (Å²) in [5.41, 5.74) is 5.10. The second kappa shape index (κ2) is 6.74. The highest BCUT2D eigenvalue weighted by Gasteiger charge is 2.11. The van der Waals surface area contributed by atoms with Crippen molar-refractivity contribution in [2.45, 2.75) is 26.7 Å². The second-order valence-corrected chi connectivity index (χ2v) is 5.78. The number of nitrogens with zero attached hydrogens (tertiary/aromatic N) is 1.